The van der Waals surface area contributed by atoms with Gasteiger partial charge in [-0.05, 0) is 6.07 Å². The second-order valence-electron chi connectivity index (χ2n) is 3.00. The Hall–Kier alpha value is -2.64. The summed E-state index contributed by atoms with van der Waals surface area (Å²) in [5.74, 6) is -0.538. The van der Waals surface area contributed by atoms with Gasteiger partial charge < -0.3 is 10.4 Å². The molecule has 0 aliphatic rings. The third-order valence-corrected chi connectivity index (χ3v) is 1.93. The van der Waals surface area contributed by atoms with Crippen LogP contribution in [0.4, 0.5) is 16.2 Å². The lowest BCUT2D eigenvalue weighted by Crippen LogP contribution is -2.21. The van der Waals surface area contributed by atoms with Crippen LogP contribution in [0.15, 0.2) is 18.2 Å². The quantitative estimate of drug-likeness (QED) is 0.537. The van der Waals surface area contributed by atoms with Crippen LogP contribution < -0.4 is 10.6 Å². The van der Waals surface area contributed by atoms with Gasteiger partial charge in [-0.3, -0.25) is 20.2 Å². The van der Waals surface area contributed by atoms with E-state index in [-0.39, 0.29) is 16.9 Å². The van der Waals surface area contributed by atoms with Gasteiger partial charge in [0.25, 0.3) is 11.6 Å². The van der Waals surface area contributed by atoms with Crippen molar-refractivity contribution in [3.05, 3.63) is 33.9 Å². The topological polar surface area (TPSA) is 122 Å². The Labute approximate surface area is 95.4 Å². The van der Waals surface area contributed by atoms with Crippen LogP contribution in [0.25, 0.3) is 0 Å². The molecule has 8 nitrogen and oxygen atoms in total. The Balaban J connectivity index is 3.25. The lowest BCUT2D eigenvalue weighted by Gasteiger charge is -2.07. The lowest BCUT2D eigenvalue weighted by atomic mass is 10.1. The highest BCUT2D eigenvalue weighted by Crippen LogP contribution is 2.22. The van der Waals surface area contributed by atoms with E-state index in [9.17, 15) is 19.7 Å². The number of carbonyl (C=O) groups is 2. The molecule has 1 aromatic carbocycles. The molecule has 2 amide bonds. The molecule has 0 fully saturated rings. The molecule has 90 valence electrons. The fourth-order valence-electron chi connectivity index (χ4n) is 1.20. The summed E-state index contributed by atoms with van der Waals surface area (Å²) in [7, 11) is 1.37. The van der Waals surface area contributed by atoms with Crippen LogP contribution in [-0.4, -0.2) is 29.1 Å². The minimum absolute atomic E-state index is 0.0144. The van der Waals surface area contributed by atoms with Gasteiger partial charge in [-0.1, -0.05) is 0 Å². The molecule has 1 rings (SSSR count). The zero-order chi connectivity index (χ0) is 13.0. The van der Waals surface area contributed by atoms with Gasteiger partial charge in [0.1, 0.15) is 0 Å². The highest BCUT2D eigenvalue weighted by Gasteiger charge is 2.16. The van der Waals surface area contributed by atoms with Gasteiger partial charge in [-0.15, -0.1) is 0 Å². The minimum Gasteiger partial charge on any atom is -0.465 e. The maximum Gasteiger partial charge on any atom is 0.409 e. The molecule has 0 saturated carbocycles. The van der Waals surface area contributed by atoms with E-state index in [4.69, 9.17) is 5.11 Å². The second-order valence-corrected chi connectivity index (χ2v) is 3.00. The summed E-state index contributed by atoms with van der Waals surface area (Å²) in [5, 5.41) is 23.3. The number of non-ortho nitro benzene ring substituents is 1. The molecule has 0 atom stereocenters. The predicted molar refractivity (Wildman–Crippen MR) is 58.1 cm³/mol. The lowest BCUT2D eigenvalue weighted by molar-refractivity contribution is -0.384. The van der Waals surface area contributed by atoms with E-state index in [1.54, 1.807) is 0 Å². The molecule has 1 aromatic rings. The first-order valence-corrected chi connectivity index (χ1v) is 4.46. The van der Waals surface area contributed by atoms with E-state index in [2.05, 4.69) is 5.32 Å². The van der Waals surface area contributed by atoms with Crippen molar-refractivity contribution in [2.24, 2.45) is 0 Å². The van der Waals surface area contributed by atoms with Gasteiger partial charge in [-0.2, -0.15) is 0 Å². The normalized spacial score (nSPS) is 9.47. The van der Waals surface area contributed by atoms with Crippen molar-refractivity contribution < 1.29 is 19.6 Å². The van der Waals surface area contributed by atoms with Crippen molar-refractivity contribution in [2.75, 3.05) is 12.4 Å². The SMILES string of the molecule is CNC(=O)c1ccc([N+](=O)[O-])cc1NC(=O)O. The summed E-state index contributed by atoms with van der Waals surface area (Å²) in [6.45, 7) is 0. The molecule has 0 unspecified atom stereocenters. The van der Waals surface area contributed by atoms with Gasteiger partial charge in [0.2, 0.25) is 0 Å². The molecule has 0 radical (unpaired) electrons. The number of nitro groups is 1. The van der Waals surface area contributed by atoms with E-state index < -0.39 is 16.9 Å². The summed E-state index contributed by atoms with van der Waals surface area (Å²) < 4.78 is 0. The summed E-state index contributed by atoms with van der Waals surface area (Å²) >= 11 is 0. The number of carboxylic acid groups (broad SMARTS) is 1. The summed E-state index contributed by atoms with van der Waals surface area (Å²) in [6, 6.07) is 3.29. The van der Waals surface area contributed by atoms with Crippen molar-refractivity contribution in [1.82, 2.24) is 5.32 Å². The number of nitrogens with zero attached hydrogens (tertiary/aromatic N) is 1. The van der Waals surface area contributed by atoms with E-state index >= 15 is 0 Å². The number of anilines is 1. The number of hydrogen-bond donors (Lipinski definition) is 3. The highest BCUT2D eigenvalue weighted by atomic mass is 16.6. The van der Waals surface area contributed by atoms with Gasteiger partial charge in [0.05, 0.1) is 16.2 Å². The number of rotatable bonds is 3. The largest absolute Gasteiger partial charge is 0.465 e. The van der Waals surface area contributed by atoms with Gasteiger partial charge in [0.15, 0.2) is 0 Å². The van der Waals surface area contributed by atoms with Gasteiger partial charge in [-0.25, -0.2) is 4.79 Å². The van der Waals surface area contributed by atoms with Crippen LogP contribution in [0.1, 0.15) is 10.4 Å². The molecular weight excluding hydrogens is 230 g/mol. The number of hydrogen-bond acceptors (Lipinski definition) is 4. The number of amides is 2. The first kappa shape index (κ1) is 12.4. The van der Waals surface area contributed by atoms with Crippen LogP contribution in [0.2, 0.25) is 0 Å². The minimum atomic E-state index is -1.41. The van der Waals surface area contributed by atoms with E-state index in [0.717, 1.165) is 12.1 Å². The van der Waals surface area contributed by atoms with E-state index in [1.165, 1.54) is 13.1 Å². The average Bonchev–Trinajstić information content (AvgIpc) is 2.27. The average molecular weight is 239 g/mol. The van der Waals surface area contributed by atoms with E-state index in [0.29, 0.717) is 0 Å². The molecule has 0 saturated heterocycles. The zero-order valence-corrected chi connectivity index (χ0v) is 8.76. The van der Waals surface area contributed by atoms with Crippen LogP contribution in [0.5, 0.6) is 0 Å². The van der Waals surface area contributed by atoms with Crippen molar-refractivity contribution in [1.29, 1.82) is 0 Å². The summed E-state index contributed by atoms with van der Waals surface area (Å²) in [4.78, 5) is 31.7. The molecule has 0 aromatic heterocycles. The summed E-state index contributed by atoms with van der Waals surface area (Å²) in [5.41, 5.74) is -0.423. The molecule has 17 heavy (non-hydrogen) atoms. The molecule has 0 bridgehead atoms. The first-order chi connectivity index (χ1) is 7.95. The number of carbonyl (C=O) groups excluding carboxylic acids is 1. The highest BCUT2D eigenvalue weighted by molar-refractivity contribution is 6.02. The van der Waals surface area contributed by atoms with Crippen molar-refractivity contribution in [3.8, 4) is 0 Å². The Bertz CT molecular complexity index is 486. The number of nitro benzene ring substituents is 1. The van der Waals surface area contributed by atoms with Crippen LogP contribution >= 0.6 is 0 Å². The van der Waals surface area contributed by atoms with Crippen LogP contribution in [0.3, 0.4) is 0 Å². The third kappa shape index (κ3) is 2.91. The number of nitrogens with one attached hydrogen (secondary N) is 2. The fourth-order valence-corrected chi connectivity index (χ4v) is 1.20. The van der Waals surface area contributed by atoms with Crippen LogP contribution in [-0.2, 0) is 0 Å². The maximum atomic E-state index is 11.4. The standard InChI is InChI=1S/C9H9N3O5/c1-10-8(13)6-3-2-5(12(16)17)4-7(6)11-9(14)15/h2-4,11H,1H3,(H,10,13)(H,14,15). The zero-order valence-electron chi connectivity index (χ0n) is 8.76. The first-order valence-electron chi connectivity index (χ1n) is 4.46. The fraction of sp³-hybridized carbons (Fsp3) is 0.111. The van der Waals surface area contributed by atoms with Gasteiger partial charge in [0, 0.05) is 19.2 Å². The molecule has 0 aliphatic heterocycles. The second kappa shape index (κ2) is 4.92. The molecule has 0 heterocycles. The molecule has 8 heteroatoms. The Morgan fingerprint density at radius 2 is 2.06 bits per heavy atom. The van der Waals surface area contributed by atoms with E-state index in [1.807, 2.05) is 5.32 Å². The third-order valence-electron chi connectivity index (χ3n) is 1.93. The Morgan fingerprint density at radius 1 is 1.41 bits per heavy atom. The monoisotopic (exact) mass is 239 g/mol. The van der Waals surface area contributed by atoms with Crippen molar-refractivity contribution >= 4 is 23.4 Å². The smallest absolute Gasteiger partial charge is 0.409 e. The molecule has 0 aliphatic carbocycles. The van der Waals surface area contributed by atoms with Crippen LogP contribution in [0, 0.1) is 10.1 Å². The Kier molecular flexibility index (Phi) is 3.60. The molecular formula is C9H9N3O5. The predicted octanol–water partition coefficient (Wildman–Crippen LogP) is 1.04. The maximum absolute atomic E-state index is 11.4. The van der Waals surface area contributed by atoms with Gasteiger partial charge >= 0.3 is 6.09 Å². The van der Waals surface area contributed by atoms with Crippen molar-refractivity contribution in [3.63, 3.8) is 0 Å². The molecule has 0 spiro atoms. The molecule has 3 N–H and O–H groups in total. The number of benzene rings is 1. The Morgan fingerprint density at radius 3 is 2.53 bits per heavy atom. The van der Waals surface area contributed by atoms with Crippen molar-refractivity contribution in [2.45, 2.75) is 0 Å². The summed E-state index contributed by atoms with van der Waals surface area (Å²) in [6.07, 6.45) is -1.41.